The van der Waals surface area contributed by atoms with Crippen LogP contribution in [0.2, 0.25) is 0 Å². The maximum Gasteiger partial charge on any atom is 0.195 e. The first kappa shape index (κ1) is 14.2. The van der Waals surface area contributed by atoms with Gasteiger partial charge in [0.05, 0.1) is 0 Å². The van der Waals surface area contributed by atoms with Gasteiger partial charge in [-0.1, -0.05) is 12.1 Å². The van der Waals surface area contributed by atoms with E-state index in [1.807, 2.05) is 12.1 Å². The van der Waals surface area contributed by atoms with Crippen LogP contribution in [0.15, 0.2) is 35.0 Å². The van der Waals surface area contributed by atoms with E-state index in [0.29, 0.717) is 16.9 Å². The molecule has 0 unspecified atom stereocenters. The summed E-state index contributed by atoms with van der Waals surface area (Å²) >= 11 is 0. The Balaban J connectivity index is 1.79. The lowest BCUT2D eigenvalue weighted by atomic mass is 10.1. The topological polar surface area (TPSA) is 42.2 Å². The zero-order valence-electron chi connectivity index (χ0n) is 13.1. The highest BCUT2D eigenvalue weighted by molar-refractivity contribution is 5.87. The van der Waals surface area contributed by atoms with Crippen LogP contribution in [0.5, 0.6) is 0 Å². The Morgan fingerprint density at radius 3 is 2.70 bits per heavy atom. The van der Waals surface area contributed by atoms with Gasteiger partial charge in [-0.2, -0.15) is 0 Å². The first-order valence-corrected chi connectivity index (χ1v) is 7.98. The van der Waals surface area contributed by atoms with Crippen molar-refractivity contribution in [1.29, 1.82) is 0 Å². The van der Waals surface area contributed by atoms with Crippen LogP contribution in [-0.4, -0.2) is 23.1 Å². The maximum atomic E-state index is 13.8. The van der Waals surface area contributed by atoms with Gasteiger partial charge in [0.2, 0.25) is 0 Å². The largest absolute Gasteiger partial charge is 0.450 e. The lowest BCUT2D eigenvalue weighted by Gasteiger charge is -2.27. The molecule has 2 aromatic heterocycles. The molecule has 1 saturated heterocycles. The second kappa shape index (κ2) is 5.65. The van der Waals surface area contributed by atoms with Crippen molar-refractivity contribution in [2.45, 2.75) is 26.2 Å². The number of fused-ring (bicyclic) bond motifs is 1. The number of hydrogen-bond acceptors (Lipinski definition) is 4. The van der Waals surface area contributed by atoms with E-state index in [2.05, 4.69) is 14.9 Å². The minimum Gasteiger partial charge on any atom is -0.450 e. The maximum absolute atomic E-state index is 13.8. The molecular weight excluding hydrogens is 293 g/mol. The molecule has 0 atom stereocenters. The van der Waals surface area contributed by atoms with Crippen molar-refractivity contribution in [3.8, 4) is 11.3 Å². The van der Waals surface area contributed by atoms with Gasteiger partial charge in [0.25, 0.3) is 0 Å². The van der Waals surface area contributed by atoms with Gasteiger partial charge in [0, 0.05) is 24.7 Å². The van der Waals surface area contributed by atoms with Gasteiger partial charge in [-0.15, -0.1) is 0 Å². The zero-order chi connectivity index (χ0) is 15.8. The highest BCUT2D eigenvalue weighted by Gasteiger charge is 2.19. The van der Waals surface area contributed by atoms with Gasteiger partial charge in [0.15, 0.2) is 11.4 Å². The number of aromatic nitrogens is 2. The molecule has 0 bridgehead atoms. The number of hydrogen-bond donors (Lipinski definition) is 0. The van der Waals surface area contributed by atoms with Crippen molar-refractivity contribution < 1.29 is 8.81 Å². The normalized spacial score (nSPS) is 15.3. The molecule has 0 spiro atoms. The molecule has 4 rings (SSSR count). The van der Waals surface area contributed by atoms with Gasteiger partial charge >= 0.3 is 0 Å². The Morgan fingerprint density at radius 2 is 1.91 bits per heavy atom. The van der Waals surface area contributed by atoms with Crippen molar-refractivity contribution >= 4 is 16.9 Å². The molecular formula is C18H18FN3O. The monoisotopic (exact) mass is 311 g/mol. The Kier molecular flexibility index (Phi) is 3.48. The van der Waals surface area contributed by atoms with E-state index in [1.54, 1.807) is 19.3 Å². The predicted molar refractivity (Wildman–Crippen MR) is 88.0 cm³/mol. The summed E-state index contributed by atoms with van der Waals surface area (Å²) in [5, 5.41) is 0. The number of piperidine rings is 1. The molecule has 3 aromatic rings. The molecule has 1 aliphatic heterocycles. The van der Waals surface area contributed by atoms with Crippen LogP contribution in [0.4, 0.5) is 10.2 Å². The molecule has 4 nitrogen and oxygen atoms in total. The molecule has 5 heteroatoms. The highest BCUT2D eigenvalue weighted by atomic mass is 19.1. The summed E-state index contributed by atoms with van der Waals surface area (Å²) in [6, 6.07) is 6.98. The standard InChI is InChI=1S/C18H18FN3O/c1-12-5-6-13(9-14(12)19)16-10-15-17(23-16)18(21-11-20-15)22-7-3-2-4-8-22/h5-6,9-11H,2-4,7-8H2,1H3. The molecule has 118 valence electrons. The van der Waals surface area contributed by atoms with Gasteiger partial charge < -0.3 is 9.32 Å². The molecule has 0 aliphatic carbocycles. The summed E-state index contributed by atoms with van der Waals surface area (Å²) < 4.78 is 19.8. The molecule has 1 aliphatic rings. The summed E-state index contributed by atoms with van der Waals surface area (Å²) in [5.41, 5.74) is 2.79. The molecule has 0 amide bonds. The second-order valence-corrected chi connectivity index (χ2v) is 6.03. The third kappa shape index (κ3) is 2.56. The quantitative estimate of drug-likeness (QED) is 0.706. The fourth-order valence-corrected chi connectivity index (χ4v) is 3.06. The fraction of sp³-hybridized carbons (Fsp3) is 0.333. The number of nitrogens with zero attached hydrogens (tertiary/aromatic N) is 3. The molecule has 1 aromatic carbocycles. The van der Waals surface area contributed by atoms with Crippen molar-refractivity contribution in [3.63, 3.8) is 0 Å². The average Bonchev–Trinajstić information content (AvgIpc) is 3.02. The van der Waals surface area contributed by atoms with E-state index in [4.69, 9.17) is 4.42 Å². The van der Waals surface area contributed by atoms with E-state index in [9.17, 15) is 4.39 Å². The Hall–Kier alpha value is -2.43. The van der Waals surface area contributed by atoms with Gasteiger partial charge in [0.1, 0.15) is 23.4 Å². The number of halogens is 1. The number of benzene rings is 1. The first-order chi connectivity index (χ1) is 11.2. The summed E-state index contributed by atoms with van der Waals surface area (Å²) in [6.07, 6.45) is 5.17. The molecule has 23 heavy (non-hydrogen) atoms. The lowest BCUT2D eigenvalue weighted by molar-refractivity contribution is 0.566. The molecule has 1 fully saturated rings. The van der Waals surface area contributed by atoms with E-state index in [1.165, 1.54) is 25.3 Å². The van der Waals surface area contributed by atoms with Crippen LogP contribution in [0.25, 0.3) is 22.4 Å². The first-order valence-electron chi connectivity index (χ1n) is 7.98. The summed E-state index contributed by atoms with van der Waals surface area (Å²) in [7, 11) is 0. The van der Waals surface area contributed by atoms with E-state index in [0.717, 1.165) is 30.0 Å². The minimum atomic E-state index is -0.231. The Morgan fingerprint density at radius 1 is 1.09 bits per heavy atom. The number of rotatable bonds is 2. The van der Waals surface area contributed by atoms with Gasteiger partial charge in [-0.25, -0.2) is 14.4 Å². The molecule has 0 N–H and O–H groups in total. The van der Waals surface area contributed by atoms with Crippen molar-refractivity contribution in [3.05, 3.63) is 42.0 Å². The van der Waals surface area contributed by atoms with Crippen molar-refractivity contribution in [2.24, 2.45) is 0 Å². The van der Waals surface area contributed by atoms with Crippen LogP contribution >= 0.6 is 0 Å². The van der Waals surface area contributed by atoms with E-state index >= 15 is 0 Å². The third-order valence-corrected chi connectivity index (χ3v) is 4.40. The Bertz CT molecular complexity index is 853. The minimum absolute atomic E-state index is 0.231. The molecule has 0 radical (unpaired) electrons. The smallest absolute Gasteiger partial charge is 0.195 e. The SMILES string of the molecule is Cc1ccc(-c2cc3ncnc(N4CCCCC4)c3o2)cc1F. The summed E-state index contributed by atoms with van der Waals surface area (Å²) in [4.78, 5) is 11.0. The average molecular weight is 311 g/mol. The molecule has 0 saturated carbocycles. The van der Waals surface area contributed by atoms with E-state index < -0.39 is 0 Å². The summed E-state index contributed by atoms with van der Waals surface area (Å²) in [6.45, 7) is 3.72. The number of furan rings is 1. The molecule has 3 heterocycles. The van der Waals surface area contributed by atoms with Crippen LogP contribution in [0.1, 0.15) is 24.8 Å². The summed E-state index contributed by atoms with van der Waals surface area (Å²) in [5.74, 6) is 1.23. The van der Waals surface area contributed by atoms with Gasteiger partial charge in [-0.05, 0) is 37.8 Å². The van der Waals surface area contributed by atoms with Crippen molar-refractivity contribution in [2.75, 3.05) is 18.0 Å². The third-order valence-electron chi connectivity index (χ3n) is 4.40. The van der Waals surface area contributed by atoms with Crippen LogP contribution < -0.4 is 4.90 Å². The van der Waals surface area contributed by atoms with Crippen molar-refractivity contribution in [1.82, 2.24) is 9.97 Å². The van der Waals surface area contributed by atoms with Crippen LogP contribution in [0, 0.1) is 12.7 Å². The van der Waals surface area contributed by atoms with Crippen LogP contribution in [0.3, 0.4) is 0 Å². The fourth-order valence-electron chi connectivity index (χ4n) is 3.06. The number of anilines is 1. The lowest BCUT2D eigenvalue weighted by Crippen LogP contribution is -2.30. The highest BCUT2D eigenvalue weighted by Crippen LogP contribution is 2.33. The van der Waals surface area contributed by atoms with E-state index in [-0.39, 0.29) is 5.82 Å². The Labute approximate surface area is 134 Å². The predicted octanol–water partition coefficient (Wildman–Crippen LogP) is 4.33. The zero-order valence-corrected chi connectivity index (χ0v) is 13.1. The second-order valence-electron chi connectivity index (χ2n) is 6.03. The van der Waals surface area contributed by atoms with Crippen LogP contribution in [-0.2, 0) is 0 Å². The van der Waals surface area contributed by atoms with Gasteiger partial charge in [-0.3, -0.25) is 0 Å². The number of aryl methyl sites for hydroxylation is 1.